The Hall–Kier alpha value is -2.48. The summed E-state index contributed by atoms with van der Waals surface area (Å²) in [4.78, 5) is 23.7. The van der Waals surface area contributed by atoms with E-state index in [0.29, 0.717) is 6.54 Å². The molecule has 0 heterocycles. The number of rotatable bonds is 6. The number of hydrogen-bond acceptors (Lipinski definition) is 2. The molecule has 0 spiro atoms. The van der Waals surface area contributed by atoms with Crippen LogP contribution in [0.2, 0.25) is 0 Å². The number of nitrogens with zero attached hydrogens (tertiary/aromatic N) is 1. The lowest BCUT2D eigenvalue weighted by molar-refractivity contribution is -0.136. The van der Waals surface area contributed by atoms with Crippen LogP contribution in [-0.2, 0) is 11.3 Å². The van der Waals surface area contributed by atoms with Gasteiger partial charge in [0.25, 0.3) is 0 Å². The maximum Gasteiger partial charge on any atom is 0.318 e. The predicted octanol–water partition coefficient (Wildman–Crippen LogP) is 1.31. The molecule has 0 saturated heterocycles. The Morgan fingerprint density at radius 2 is 2.00 bits per heavy atom. The van der Waals surface area contributed by atoms with E-state index in [4.69, 9.17) is 11.5 Å². The molecule has 100 valence electrons. The smallest absolute Gasteiger partial charge is 0.318 e. The molecule has 2 N–H and O–H groups in total. The summed E-state index contributed by atoms with van der Waals surface area (Å²) in [6, 6.07) is 9.09. The summed E-state index contributed by atoms with van der Waals surface area (Å²) < 4.78 is 0. The Balaban J connectivity index is 2.54. The highest BCUT2D eigenvalue weighted by molar-refractivity contribution is 5.75. The molecule has 1 rings (SSSR count). The zero-order valence-electron chi connectivity index (χ0n) is 10.5. The molecule has 1 aromatic carbocycles. The first kappa shape index (κ1) is 14.6. The fourth-order valence-electron chi connectivity index (χ4n) is 1.50. The largest absolute Gasteiger partial charge is 0.481 e. The minimum atomic E-state index is -0.952. The van der Waals surface area contributed by atoms with Crippen molar-refractivity contribution in [3.05, 3.63) is 35.9 Å². The molecule has 0 atom stereocenters. The van der Waals surface area contributed by atoms with E-state index in [0.717, 1.165) is 5.56 Å². The molecule has 0 aliphatic heterocycles. The summed E-state index contributed by atoms with van der Waals surface area (Å²) in [5.74, 6) is 1.46. The van der Waals surface area contributed by atoms with Gasteiger partial charge in [-0.2, -0.15) is 0 Å². The maximum absolute atomic E-state index is 11.8. The standard InChI is InChI=1S/C14H16N2O3/c1-2-10-16(11-12-6-4-3-5-7-12)14(19)15-9-8-13(17)18/h1,3-7H,8-11H2,(H,15,19)(H,17,18). The lowest BCUT2D eigenvalue weighted by Crippen LogP contribution is -2.40. The van der Waals surface area contributed by atoms with Crippen molar-refractivity contribution >= 4 is 12.0 Å². The van der Waals surface area contributed by atoms with Crippen LogP contribution in [0.25, 0.3) is 0 Å². The third kappa shape index (κ3) is 5.59. The Morgan fingerprint density at radius 1 is 1.32 bits per heavy atom. The number of nitrogens with one attached hydrogen (secondary N) is 1. The molecule has 0 aliphatic carbocycles. The van der Waals surface area contributed by atoms with Gasteiger partial charge in [0.15, 0.2) is 0 Å². The van der Waals surface area contributed by atoms with Crippen molar-refractivity contribution in [1.82, 2.24) is 10.2 Å². The summed E-state index contributed by atoms with van der Waals surface area (Å²) in [5, 5.41) is 11.0. The predicted molar refractivity (Wildman–Crippen MR) is 71.3 cm³/mol. The number of urea groups is 1. The molecule has 0 bridgehead atoms. The van der Waals surface area contributed by atoms with Crippen LogP contribution in [0.15, 0.2) is 30.3 Å². The molecule has 0 saturated carbocycles. The first-order chi connectivity index (χ1) is 9.13. The normalized spacial score (nSPS) is 9.42. The highest BCUT2D eigenvalue weighted by Gasteiger charge is 2.12. The number of terminal acetylenes is 1. The summed E-state index contributed by atoms with van der Waals surface area (Å²) in [5.41, 5.74) is 0.964. The third-order valence-corrected chi connectivity index (χ3v) is 2.40. The number of amides is 2. The van der Waals surface area contributed by atoms with Crippen LogP contribution < -0.4 is 5.32 Å². The van der Waals surface area contributed by atoms with Crippen molar-refractivity contribution in [2.24, 2.45) is 0 Å². The van der Waals surface area contributed by atoms with Gasteiger partial charge in [-0.15, -0.1) is 6.42 Å². The molecular formula is C14H16N2O3. The lowest BCUT2D eigenvalue weighted by Gasteiger charge is -2.20. The van der Waals surface area contributed by atoms with Crippen LogP contribution in [-0.4, -0.2) is 35.1 Å². The summed E-state index contributed by atoms with van der Waals surface area (Å²) >= 11 is 0. The Kier molecular flexibility index (Phi) is 5.96. The average molecular weight is 260 g/mol. The average Bonchev–Trinajstić information content (AvgIpc) is 2.39. The second-order valence-corrected chi connectivity index (χ2v) is 3.92. The van der Waals surface area contributed by atoms with E-state index < -0.39 is 5.97 Å². The molecule has 0 radical (unpaired) electrons. The van der Waals surface area contributed by atoms with Gasteiger partial charge >= 0.3 is 12.0 Å². The highest BCUT2D eigenvalue weighted by atomic mass is 16.4. The molecule has 5 nitrogen and oxygen atoms in total. The first-order valence-electron chi connectivity index (χ1n) is 5.85. The third-order valence-electron chi connectivity index (χ3n) is 2.40. The van der Waals surface area contributed by atoms with Crippen molar-refractivity contribution in [3.63, 3.8) is 0 Å². The molecule has 0 fully saturated rings. The monoisotopic (exact) mass is 260 g/mol. The number of aliphatic carboxylic acids is 1. The number of hydrogen-bond donors (Lipinski definition) is 2. The van der Waals surface area contributed by atoms with Crippen LogP contribution in [0.1, 0.15) is 12.0 Å². The van der Waals surface area contributed by atoms with Crippen LogP contribution >= 0.6 is 0 Å². The second kappa shape index (κ2) is 7.77. The molecule has 0 unspecified atom stereocenters. The van der Waals surface area contributed by atoms with Crippen molar-refractivity contribution in [3.8, 4) is 12.3 Å². The first-order valence-corrected chi connectivity index (χ1v) is 5.85. The van der Waals surface area contributed by atoms with Gasteiger partial charge in [-0.05, 0) is 5.56 Å². The zero-order valence-corrected chi connectivity index (χ0v) is 10.5. The van der Waals surface area contributed by atoms with Crippen LogP contribution in [0, 0.1) is 12.3 Å². The number of carboxylic acid groups (broad SMARTS) is 1. The van der Waals surface area contributed by atoms with Crippen molar-refractivity contribution in [2.45, 2.75) is 13.0 Å². The van der Waals surface area contributed by atoms with Gasteiger partial charge < -0.3 is 15.3 Å². The van der Waals surface area contributed by atoms with Crippen LogP contribution in [0.3, 0.4) is 0 Å². The van der Waals surface area contributed by atoms with E-state index in [9.17, 15) is 9.59 Å². The highest BCUT2D eigenvalue weighted by Crippen LogP contribution is 2.04. The van der Waals surface area contributed by atoms with Gasteiger partial charge in [-0.1, -0.05) is 36.3 Å². The quantitative estimate of drug-likeness (QED) is 0.758. The van der Waals surface area contributed by atoms with Gasteiger partial charge in [0.05, 0.1) is 13.0 Å². The number of carbonyl (C=O) groups excluding carboxylic acids is 1. The molecule has 0 aliphatic rings. The molecule has 19 heavy (non-hydrogen) atoms. The molecule has 5 heteroatoms. The van der Waals surface area contributed by atoms with E-state index in [1.54, 1.807) is 0 Å². The van der Waals surface area contributed by atoms with Gasteiger partial charge in [0, 0.05) is 13.1 Å². The number of carbonyl (C=O) groups is 2. The van der Waals surface area contributed by atoms with E-state index in [1.165, 1.54) is 4.90 Å². The Bertz CT molecular complexity index is 465. The minimum Gasteiger partial charge on any atom is -0.481 e. The van der Waals surface area contributed by atoms with Crippen molar-refractivity contribution in [2.75, 3.05) is 13.1 Å². The maximum atomic E-state index is 11.8. The fourth-order valence-corrected chi connectivity index (χ4v) is 1.50. The Morgan fingerprint density at radius 3 is 2.58 bits per heavy atom. The van der Waals surface area contributed by atoms with Gasteiger partial charge in [0.1, 0.15) is 0 Å². The van der Waals surface area contributed by atoms with Gasteiger partial charge in [-0.25, -0.2) is 4.79 Å². The van der Waals surface area contributed by atoms with Crippen molar-refractivity contribution in [1.29, 1.82) is 0 Å². The van der Waals surface area contributed by atoms with E-state index in [2.05, 4.69) is 11.2 Å². The molecule has 0 aromatic heterocycles. The lowest BCUT2D eigenvalue weighted by atomic mass is 10.2. The van der Waals surface area contributed by atoms with E-state index in [1.807, 2.05) is 30.3 Å². The van der Waals surface area contributed by atoms with E-state index >= 15 is 0 Å². The van der Waals surface area contributed by atoms with Crippen LogP contribution in [0.4, 0.5) is 4.79 Å². The number of carboxylic acids is 1. The Labute approximate surface area is 112 Å². The molecule has 1 aromatic rings. The SMILES string of the molecule is C#CCN(Cc1ccccc1)C(=O)NCCC(=O)O. The minimum absolute atomic E-state index is 0.0873. The molecule has 2 amide bonds. The summed E-state index contributed by atoms with van der Waals surface area (Å²) in [7, 11) is 0. The molecular weight excluding hydrogens is 244 g/mol. The van der Waals surface area contributed by atoms with Crippen molar-refractivity contribution < 1.29 is 14.7 Å². The summed E-state index contributed by atoms with van der Waals surface area (Å²) in [6.07, 6.45) is 5.12. The summed E-state index contributed by atoms with van der Waals surface area (Å²) in [6.45, 7) is 0.655. The van der Waals surface area contributed by atoms with Gasteiger partial charge in [0.2, 0.25) is 0 Å². The number of benzene rings is 1. The van der Waals surface area contributed by atoms with Crippen LogP contribution in [0.5, 0.6) is 0 Å². The zero-order chi connectivity index (χ0) is 14.1. The second-order valence-electron chi connectivity index (χ2n) is 3.92. The van der Waals surface area contributed by atoms with Gasteiger partial charge in [-0.3, -0.25) is 4.79 Å². The van der Waals surface area contributed by atoms with E-state index in [-0.39, 0.29) is 25.5 Å². The fraction of sp³-hybridized carbons (Fsp3) is 0.286. The topological polar surface area (TPSA) is 69.6 Å².